The molecule has 0 saturated heterocycles. The minimum absolute atomic E-state index is 0.00302. The Bertz CT molecular complexity index is 1050. The Balaban J connectivity index is 2.19. The summed E-state index contributed by atoms with van der Waals surface area (Å²) in [5.41, 5.74) is 0.344. The molecule has 0 aliphatic rings. The van der Waals surface area contributed by atoms with Gasteiger partial charge in [0.1, 0.15) is 17.1 Å². The molecule has 3 aromatic rings. The first kappa shape index (κ1) is 17.0. The third-order valence-corrected chi connectivity index (χ3v) is 4.22. The number of carbonyl (C=O) groups is 1. The summed E-state index contributed by atoms with van der Waals surface area (Å²) in [5.74, 6) is -1.41. The third-order valence-electron chi connectivity index (χ3n) is 3.92. The molecule has 0 amide bonds. The van der Waals surface area contributed by atoms with Gasteiger partial charge in [-0.1, -0.05) is 23.7 Å². The summed E-state index contributed by atoms with van der Waals surface area (Å²) in [6.07, 6.45) is 1.28. The Morgan fingerprint density at radius 1 is 1.32 bits per heavy atom. The zero-order valence-electron chi connectivity index (χ0n) is 13.1. The van der Waals surface area contributed by atoms with Crippen LogP contribution in [0.5, 0.6) is 5.75 Å². The fraction of sp³-hybridized carbons (Fsp3) is 0.111. The second-order valence-electron chi connectivity index (χ2n) is 5.44. The van der Waals surface area contributed by atoms with Crippen molar-refractivity contribution in [2.45, 2.75) is 6.42 Å². The van der Waals surface area contributed by atoms with E-state index in [0.717, 1.165) is 6.20 Å². The predicted molar refractivity (Wildman–Crippen MR) is 92.3 cm³/mol. The number of fused-ring (bicyclic) bond motifs is 1. The van der Waals surface area contributed by atoms with Gasteiger partial charge in [-0.2, -0.15) is 0 Å². The quantitative estimate of drug-likeness (QED) is 0.744. The van der Waals surface area contributed by atoms with Crippen molar-refractivity contribution in [3.05, 3.63) is 74.3 Å². The fourth-order valence-corrected chi connectivity index (χ4v) is 2.86. The molecule has 0 atom stereocenters. The Hall–Kier alpha value is -2.86. The first-order valence-corrected chi connectivity index (χ1v) is 7.68. The first-order chi connectivity index (χ1) is 11.9. The van der Waals surface area contributed by atoms with Crippen LogP contribution in [0, 0.1) is 5.82 Å². The molecule has 1 heterocycles. The maximum Gasteiger partial charge on any atom is 0.341 e. The standard InChI is InChI=1S/C18H13ClFNO4/c1-25-15-7-14-11(17(22)12(8-21-14)18(23)24)6-10(15)5-9-3-2-4-13(19)16(9)20/h2-4,6-8H,5H2,1H3,(H,21,22)(H,23,24). The number of hydrogen-bond donors (Lipinski definition) is 2. The number of nitrogens with one attached hydrogen (secondary N) is 1. The van der Waals surface area contributed by atoms with Gasteiger partial charge in [-0.05, 0) is 23.3 Å². The van der Waals surface area contributed by atoms with E-state index in [1.807, 2.05) is 0 Å². The van der Waals surface area contributed by atoms with Crippen molar-refractivity contribution in [1.82, 2.24) is 4.98 Å². The highest BCUT2D eigenvalue weighted by atomic mass is 35.5. The van der Waals surface area contributed by atoms with Gasteiger partial charge in [-0.3, -0.25) is 4.79 Å². The van der Waals surface area contributed by atoms with E-state index in [9.17, 15) is 14.0 Å². The lowest BCUT2D eigenvalue weighted by molar-refractivity contribution is 0.0695. The van der Waals surface area contributed by atoms with Crippen LogP contribution in [-0.2, 0) is 6.42 Å². The number of methoxy groups -OCH3 is 1. The molecule has 0 fully saturated rings. The molecular formula is C18H13ClFNO4. The average Bonchev–Trinajstić information content (AvgIpc) is 2.58. The van der Waals surface area contributed by atoms with Crippen molar-refractivity contribution in [1.29, 1.82) is 0 Å². The molecular weight excluding hydrogens is 349 g/mol. The molecule has 0 bridgehead atoms. The molecule has 7 heteroatoms. The number of pyridine rings is 1. The van der Waals surface area contributed by atoms with Gasteiger partial charge in [0.2, 0.25) is 5.43 Å². The number of halogens is 2. The number of benzene rings is 2. The molecule has 2 N–H and O–H groups in total. The van der Waals surface area contributed by atoms with E-state index in [2.05, 4.69) is 4.98 Å². The lowest BCUT2D eigenvalue weighted by Gasteiger charge is -2.12. The summed E-state index contributed by atoms with van der Waals surface area (Å²) in [4.78, 5) is 26.3. The second kappa shape index (κ2) is 6.57. The monoisotopic (exact) mass is 361 g/mol. The summed E-state index contributed by atoms with van der Waals surface area (Å²) in [5, 5.41) is 9.28. The number of aromatic nitrogens is 1. The summed E-state index contributed by atoms with van der Waals surface area (Å²) >= 11 is 5.80. The topological polar surface area (TPSA) is 79.4 Å². The number of aromatic carboxylic acids is 1. The predicted octanol–water partition coefficient (Wildman–Crippen LogP) is 3.62. The lowest BCUT2D eigenvalue weighted by atomic mass is 10.0. The molecule has 0 radical (unpaired) electrons. The number of ether oxygens (including phenoxy) is 1. The van der Waals surface area contributed by atoms with Gasteiger partial charge in [0.05, 0.1) is 17.6 Å². The minimum atomic E-state index is -1.32. The molecule has 1 aromatic heterocycles. The molecule has 0 aliphatic carbocycles. The van der Waals surface area contributed by atoms with Crippen molar-refractivity contribution in [3.8, 4) is 5.75 Å². The number of hydrogen-bond acceptors (Lipinski definition) is 3. The highest BCUT2D eigenvalue weighted by molar-refractivity contribution is 6.30. The molecule has 0 spiro atoms. The first-order valence-electron chi connectivity index (χ1n) is 7.31. The molecule has 0 saturated carbocycles. The molecule has 25 heavy (non-hydrogen) atoms. The maximum atomic E-state index is 14.2. The zero-order chi connectivity index (χ0) is 18.1. The molecule has 0 unspecified atom stereocenters. The van der Waals surface area contributed by atoms with Crippen LogP contribution in [0.3, 0.4) is 0 Å². The van der Waals surface area contributed by atoms with Crippen LogP contribution >= 0.6 is 11.6 Å². The van der Waals surface area contributed by atoms with Crippen molar-refractivity contribution >= 4 is 28.5 Å². The Morgan fingerprint density at radius 3 is 2.76 bits per heavy atom. The van der Waals surface area contributed by atoms with Crippen molar-refractivity contribution in [3.63, 3.8) is 0 Å². The fourth-order valence-electron chi connectivity index (χ4n) is 2.67. The number of rotatable bonds is 4. The van der Waals surface area contributed by atoms with E-state index >= 15 is 0 Å². The van der Waals surface area contributed by atoms with Gasteiger partial charge >= 0.3 is 5.97 Å². The zero-order valence-corrected chi connectivity index (χ0v) is 13.9. The van der Waals surface area contributed by atoms with E-state index < -0.39 is 17.2 Å². The van der Waals surface area contributed by atoms with E-state index in [1.54, 1.807) is 18.2 Å². The van der Waals surface area contributed by atoms with Crippen molar-refractivity contribution < 1.29 is 19.0 Å². The SMILES string of the molecule is COc1cc2[nH]cc(C(=O)O)c(=O)c2cc1Cc1cccc(Cl)c1F. The van der Waals surface area contributed by atoms with Crippen LogP contribution in [0.2, 0.25) is 5.02 Å². The Labute approximate surface area is 146 Å². The Kier molecular flexibility index (Phi) is 4.46. The Morgan fingerprint density at radius 2 is 2.08 bits per heavy atom. The molecule has 0 aliphatic heterocycles. The number of H-pyrrole nitrogens is 1. The summed E-state index contributed by atoms with van der Waals surface area (Å²) in [6.45, 7) is 0. The van der Waals surface area contributed by atoms with E-state index in [4.69, 9.17) is 21.4 Å². The molecule has 3 rings (SSSR count). The van der Waals surface area contributed by atoms with Crippen molar-refractivity contribution in [2.24, 2.45) is 0 Å². The minimum Gasteiger partial charge on any atom is -0.496 e. The molecule has 128 valence electrons. The van der Waals surface area contributed by atoms with E-state index in [-0.39, 0.29) is 22.4 Å². The van der Waals surface area contributed by atoms with Crippen LogP contribution in [0.1, 0.15) is 21.5 Å². The van der Waals surface area contributed by atoms with Crippen LogP contribution < -0.4 is 10.2 Å². The molecule has 5 nitrogen and oxygen atoms in total. The normalized spacial score (nSPS) is 10.8. The number of aromatic amines is 1. The lowest BCUT2D eigenvalue weighted by Crippen LogP contribution is -2.15. The van der Waals surface area contributed by atoms with Crippen LogP contribution in [0.4, 0.5) is 4.39 Å². The van der Waals surface area contributed by atoms with Gasteiger partial charge in [-0.25, -0.2) is 9.18 Å². The number of carboxylic acid groups (broad SMARTS) is 1. The summed E-state index contributed by atoms with van der Waals surface area (Å²) < 4.78 is 19.5. The largest absolute Gasteiger partial charge is 0.496 e. The van der Waals surface area contributed by atoms with Gasteiger partial charge in [-0.15, -0.1) is 0 Å². The molecule has 2 aromatic carbocycles. The van der Waals surface area contributed by atoms with Gasteiger partial charge in [0, 0.05) is 24.1 Å². The van der Waals surface area contributed by atoms with Gasteiger partial charge in [0.15, 0.2) is 0 Å². The van der Waals surface area contributed by atoms with Crippen LogP contribution in [0.15, 0.2) is 41.3 Å². The smallest absolute Gasteiger partial charge is 0.341 e. The van der Waals surface area contributed by atoms with Gasteiger partial charge < -0.3 is 14.8 Å². The van der Waals surface area contributed by atoms with Crippen LogP contribution in [-0.4, -0.2) is 23.2 Å². The number of carboxylic acids is 1. The van der Waals surface area contributed by atoms with E-state index in [0.29, 0.717) is 22.4 Å². The average molecular weight is 362 g/mol. The highest BCUT2D eigenvalue weighted by Gasteiger charge is 2.16. The van der Waals surface area contributed by atoms with Gasteiger partial charge in [0.25, 0.3) is 0 Å². The summed E-state index contributed by atoms with van der Waals surface area (Å²) in [6, 6.07) is 7.76. The summed E-state index contributed by atoms with van der Waals surface area (Å²) in [7, 11) is 1.46. The van der Waals surface area contributed by atoms with E-state index in [1.165, 1.54) is 19.2 Å². The highest BCUT2D eigenvalue weighted by Crippen LogP contribution is 2.28. The van der Waals surface area contributed by atoms with Crippen molar-refractivity contribution in [2.75, 3.05) is 7.11 Å². The third kappa shape index (κ3) is 3.08. The second-order valence-corrected chi connectivity index (χ2v) is 5.84. The maximum absolute atomic E-state index is 14.2. The van der Waals surface area contributed by atoms with Crippen LogP contribution in [0.25, 0.3) is 10.9 Å².